The summed E-state index contributed by atoms with van der Waals surface area (Å²) < 4.78 is 39.8. The van der Waals surface area contributed by atoms with Crippen molar-refractivity contribution in [1.29, 1.82) is 0 Å². The van der Waals surface area contributed by atoms with Crippen LogP contribution in [0.15, 0.2) is 30.7 Å². The first-order chi connectivity index (χ1) is 16.5. The molecule has 6 rings (SSSR count). The number of nitrogens with one attached hydrogen (secondary N) is 3. The van der Waals surface area contributed by atoms with Crippen molar-refractivity contribution in [1.82, 2.24) is 30.2 Å². The first kappa shape index (κ1) is 22.5. The first-order valence-electron chi connectivity index (χ1n) is 11.7. The summed E-state index contributed by atoms with van der Waals surface area (Å²) in [6.07, 6.45) is 3.75. The van der Waals surface area contributed by atoms with Gasteiger partial charge in [-0.1, -0.05) is 13.8 Å². The summed E-state index contributed by atoms with van der Waals surface area (Å²) in [6.45, 7) is 5.76. The maximum absolute atomic E-state index is 13.3. The Balaban J connectivity index is 0.00000117. The van der Waals surface area contributed by atoms with Gasteiger partial charge in [0.05, 0.1) is 11.7 Å². The molecule has 1 atom stereocenters. The van der Waals surface area contributed by atoms with Crippen LogP contribution >= 0.6 is 0 Å². The average molecular weight is 470 g/mol. The maximum atomic E-state index is 13.3. The van der Waals surface area contributed by atoms with Crippen LogP contribution in [0.1, 0.15) is 50.3 Å². The van der Waals surface area contributed by atoms with Crippen LogP contribution in [-0.4, -0.2) is 44.1 Å². The van der Waals surface area contributed by atoms with Gasteiger partial charge in [0.2, 0.25) is 0 Å². The number of rotatable bonds is 4. The number of hydrogen-bond acceptors (Lipinski definition) is 6. The lowest BCUT2D eigenvalue weighted by atomic mass is 10.1. The van der Waals surface area contributed by atoms with Gasteiger partial charge in [0.25, 0.3) is 0 Å². The molecule has 4 aromatic rings. The van der Waals surface area contributed by atoms with Gasteiger partial charge >= 0.3 is 6.18 Å². The Morgan fingerprint density at radius 1 is 1.09 bits per heavy atom. The summed E-state index contributed by atoms with van der Waals surface area (Å²) in [6, 6.07) is 2.94. The highest BCUT2D eigenvalue weighted by atomic mass is 19.4. The molecule has 1 saturated carbocycles. The number of aromatic amines is 1. The molecule has 2 aliphatic rings. The fourth-order valence-corrected chi connectivity index (χ4v) is 4.38. The molecule has 178 valence electrons. The number of halogens is 3. The van der Waals surface area contributed by atoms with Crippen LogP contribution in [0.25, 0.3) is 33.3 Å². The average Bonchev–Trinajstić information content (AvgIpc) is 3.35. The quantitative estimate of drug-likeness (QED) is 0.378. The summed E-state index contributed by atoms with van der Waals surface area (Å²) in [5.41, 5.74) is 1.61. The molecule has 0 amide bonds. The molecule has 5 heterocycles. The molecule has 1 aliphatic heterocycles. The molecule has 34 heavy (non-hydrogen) atoms. The fourth-order valence-electron chi connectivity index (χ4n) is 4.38. The molecule has 10 heteroatoms. The van der Waals surface area contributed by atoms with E-state index in [1.807, 2.05) is 20.0 Å². The number of hydrogen-bond donors (Lipinski definition) is 3. The third-order valence-electron chi connectivity index (χ3n) is 6.13. The van der Waals surface area contributed by atoms with Gasteiger partial charge in [0, 0.05) is 41.3 Å². The van der Waals surface area contributed by atoms with Crippen LogP contribution in [0.5, 0.6) is 0 Å². The molecular formula is C24H26F3N7. The molecule has 0 radical (unpaired) electrons. The van der Waals surface area contributed by atoms with Gasteiger partial charge in [-0.25, -0.2) is 15.0 Å². The second-order valence-corrected chi connectivity index (χ2v) is 8.43. The lowest BCUT2D eigenvalue weighted by molar-refractivity contribution is -0.140. The van der Waals surface area contributed by atoms with Crippen LogP contribution in [0.2, 0.25) is 0 Å². The molecule has 1 aliphatic carbocycles. The van der Waals surface area contributed by atoms with Crippen molar-refractivity contribution in [3.05, 3.63) is 42.0 Å². The van der Waals surface area contributed by atoms with Gasteiger partial charge in [-0.05, 0) is 49.4 Å². The van der Waals surface area contributed by atoms with Gasteiger partial charge < -0.3 is 15.6 Å². The predicted octanol–water partition coefficient (Wildman–Crippen LogP) is 5.26. The minimum absolute atomic E-state index is 0.151. The molecule has 2 fully saturated rings. The van der Waals surface area contributed by atoms with Crippen LogP contribution in [-0.2, 0) is 6.18 Å². The maximum Gasteiger partial charge on any atom is 0.431 e. The zero-order valence-electron chi connectivity index (χ0n) is 19.0. The molecule has 0 bridgehead atoms. The molecule has 1 unspecified atom stereocenters. The van der Waals surface area contributed by atoms with Crippen molar-refractivity contribution in [2.45, 2.75) is 51.2 Å². The van der Waals surface area contributed by atoms with Crippen molar-refractivity contribution in [2.75, 3.05) is 18.4 Å². The molecule has 1 saturated heterocycles. The number of nitrogens with zero attached hydrogens (tertiary/aromatic N) is 4. The Labute approximate surface area is 194 Å². The second kappa shape index (κ2) is 8.83. The molecule has 7 nitrogen and oxygen atoms in total. The monoisotopic (exact) mass is 469 g/mol. The second-order valence-electron chi connectivity index (χ2n) is 8.43. The molecule has 0 aromatic carbocycles. The van der Waals surface area contributed by atoms with Crippen LogP contribution in [0.3, 0.4) is 0 Å². The zero-order chi connectivity index (χ0) is 23.9. The number of alkyl halides is 3. The summed E-state index contributed by atoms with van der Waals surface area (Å²) in [5, 5.41) is 8.17. The summed E-state index contributed by atoms with van der Waals surface area (Å²) in [5.74, 6) is 1.51. The fraction of sp³-hybridized carbons (Fsp3) is 0.417. The van der Waals surface area contributed by atoms with E-state index in [4.69, 9.17) is 9.97 Å². The van der Waals surface area contributed by atoms with Gasteiger partial charge in [-0.15, -0.1) is 0 Å². The van der Waals surface area contributed by atoms with Crippen LogP contribution in [0.4, 0.5) is 19.0 Å². The van der Waals surface area contributed by atoms with Gasteiger partial charge in [0.1, 0.15) is 17.2 Å². The summed E-state index contributed by atoms with van der Waals surface area (Å²) in [4.78, 5) is 20.4. The lowest BCUT2D eigenvalue weighted by Gasteiger charge is -2.17. The third-order valence-corrected chi connectivity index (χ3v) is 6.13. The van der Waals surface area contributed by atoms with Gasteiger partial charge in [-0.2, -0.15) is 13.2 Å². The highest BCUT2D eigenvalue weighted by Gasteiger charge is 2.33. The number of aromatic nitrogens is 5. The van der Waals surface area contributed by atoms with Gasteiger partial charge in [0.15, 0.2) is 5.82 Å². The first-order valence-corrected chi connectivity index (χ1v) is 11.7. The highest BCUT2D eigenvalue weighted by Crippen LogP contribution is 2.44. The third kappa shape index (κ3) is 4.18. The minimum Gasteiger partial charge on any atom is -0.365 e. The van der Waals surface area contributed by atoms with Crippen molar-refractivity contribution >= 4 is 27.8 Å². The Morgan fingerprint density at radius 2 is 1.91 bits per heavy atom. The van der Waals surface area contributed by atoms with Gasteiger partial charge in [-0.3, -0.25) is 4.98 Å². The van der Waals surface area contributed by atoms with E-state index < -0.39 is 11.9 Å². The topological polar surface area (TPSA) is 91.4 Å². The normalized spacial score (nSPS) is 18.2. The molecule has 3 N–H and O–H groups in total. The molecule has 0 spiro atoms. The standard InChI is InChI=1S/C22H20F3N7.C2H6/c23-22(24,25)17-7-14-13(4-6-28-19(14)31-17)20-30-16-10-27-9-15(11-1-2-11)18(16)21(32-20)29-12-3-5-26-8-12;1-2/h4,6-7,9-12,26H,1-3,5,8H2,(H,28,31)(H,29,30,32);1-2H3. The van der Waals surface area contributed by atoms with Crippen molar-refractivity contribution in [3.63, 3.8) is 0 Å². The number of anilines is 1. The van der Waals surface area contributed by atoms with E-state index in [1.165, 1.54) is 6.20 Å². The summed E-state index contributed by atoms with van der Waals surface area (Å²) in [7, 11) is 0. The Kier molecular flexibility index (Phi) is 5.85. The van der Waals surface area contributed by atoms with Crippen molar-refractivity contribution in [2.24, 2.45) is 0 Å². The van der Waals surface area contributed by atoms with E-state index in [0.29, 0.717) is 34.0 Å². The van der Waals surface area contributed by atoms with Crippen molar-refractivity contribution in [3.8, 4) is 11.4 Å². The van der Waals surface area contributed by atoms with E-state index in [-0.39, 0.29) is 11.7 Å². The lowest BCUT2D eigenvalue weighted by Crippen LogP contribution is -2.23. The smallest absolute Gasteiger partial charge is 0.365 e. The Hall–Kier alpha value is -3.27. The number of H-pyrrole nitrogens is 1. The van der Waals surface area contributed by atoms with E-state index in [1.54, 1.807) is 12.3 Å². The Morgan fingerprint density at radius 3 is 2.62 bits per heavy atom. The largest absolute Gasteiger partial charge is 0.431 e. The van der Waals surface area contributed by atoms with E-state index in [0.717, 1.165) is 49.4 Å². The summed E-state index contributed by atoms with van der Waals surface area (Å²) >= 11 is 0. The SMILES string of the molecule is CC.FC(F)(F)c1cc2c(-c3nc(NC4CCNC4)c4c(C5CC5)cncc4n3)ccnc2[nH]1. The van der Waals surface area contributed by atoms with E-state index in [2.05, 4.69) is 25.6 Å². The minimum atomic E-state index is -4.49. The Bertz CT molecular complexity index is 1320. The van der Waals surface area contributed by atoms with E-state index >= 15 is 0 Å². The highest BCUT2D eigenvalue weighted by molar-refractivity contribution is 5.97. The number of fused-ring (bicyclic) bond motifs is 2. The molecular weight excluding hydrogens is 443 g/mol. The predicted molar refractivity (Wildman–Crippen MR) is 126 cm³/mol. The zero-order valence-corrected chi connectivity index (χ0v) is 19.0. The van der Waals surface area contributed by atoms with Crippen LogP contribution < -0.4 is 10.6 Å². The van der Waals surface area contributed by atoms with E-state index in [9.17, 15) is 13.2 Å². The number of pyridine rings is 2. The molecule has 4 aromatic heterocycles. The van der Waals surface area contributed by atoms with Crippen molar-refractivity contribution < 1.29 is 13.2 Å². The van der Waals surface area contributed by atoms with Crippen LogP contribution in [0, 0.1) is 0 Å².